The molecule has 1 N–H and O–H groups in total. The van der Waals surface area contributed by atoms with Crippen molar-refractivity contribution in [3.63, 3.8) is 0 Å². The van der Waals surface area contributed by atoms with E-state index in [1.807, 2.05) is 25.1 Å². The summed E-state index contributed by atoms with van der Waals surface area (Å²) in [7, 11) is 0. The van der Waals surface area contributed by atoms with Crippen molar-refractivity contribution in [1.29, 1.82) is 0 Å². The van der Waals surface area contributed by atoms with E-state index in [0.717, 1.165) is 25.3 Å². The molecule has 1 aromatic carbocycles. The summed E-state index contributed by atoms with van der Waals surface area (Å²) in [4.78, 5) is 10.7. The minimum Gasteiger partial charge on any atom is -0.490 e. The molecule has 0 amide bonds. The van der Waals surface area contributed by atoms with Crippen molar-refractivity contribution in [2.75, 3.05) is 6.61 Å². The molecule has 0 bridgehead atoms. The van der Waals surface area contributed by atoms with Gasteiger partial charge in [-0.2, -0.15) is 0 Å². The van der Waals surface area contributed by atoms with Crippen LogP contribution in [-0.2, 0) is 4.79 Å². The van der Waals surface area contributed by atoms with Gasteiger partial charge in [0.2, 0.25) is 0 Å². The summed E-state index contributed by atoms with van der Waals surface area (Å²) in [6.45, 7) is 2.44. The average Bonchev–Trinajstić information content (AvgIpc) is 2.49. The summed E-state index contributed by atoms with van der Waals surface area (Å²) in [5.74, 6) is 0.262. The fourth-order valence-electron chi connectivity index (χ4n) is 2.25. The van der Waals surface area contributed by atoms with Crippen molar-refractivity contribution in [2.24, 2.45) is 0 Å². The molecule has 0 heterocycles. The van der Waals surface area contributed by atoms with Crippen LogP contribution in [0.5, 0.6) is 11.5 Å². The quantitative estimate of drug-likeness (QED) is 0.641. The number of allylic oxidation sites excluding steroid dienone is 1. The molecule has 0 radical (unpaired) electrons. The van der Waals surface area contributed by atoms with Crippen LogP contribution in [0.3, 0.4) is 0 Å². The van der Waals surface area contributed by atoms with E-state index < -0.39 is 5.97 Å². The number of aliphatic carboxylic acids is 1. The highest BCUT2D eigenvalue weighted by atomic mass is 16.5. The summed E-state index contributed by atoms with van der Waals surface area (Å²) >= 11 is 0. The summed E-state index contributed by atoms with van der Waals surface area (Å²) < 4.78 is 11.6. The van der Waals surface area contributed by atoms with Gasteiger partial charge < -0.3 is 14.6 Å². The topological polar surface area (TPSA) is 55.8 Å². The Morgan fingerprint density at radius 3 is 3.00 bits per heavy atom. The highest BCUT2D eigenvalue weighted by Crippen LogP contribution is 2.34. The van der Waals surface area contributed by atoms with Crippen LogP contribution in [0.15, 0.2) is 36.4 Å². The molecular weight excluding hydrogens is 268 g/mol. The number of ether oxygens (including phenoxy) is 2. The van der Waals surface area contributed by atoms with E-state index in [-0.39, 0.29) is 6.10 Å². The molecule has 1 aliphatic rings. The van der Waals surface area contributed by atoms with Crippen LogP contribution in [0, 0.1) is 0 Å². The summed E-state index contributed by atoms with van der Waals surface area (Å²) in [5, 5.41) is 8.79. The van der Waals surface area contributed by atoms with Gasteiger partial charge in [0, 0.05) is 11.6 Å². The highest BCUT2D eigenvalue weighted by Gasteiger charge is 2.16. The van der Waals surface area contributed by atoms with E-state index in [1.165, 1.54) is 6.08 Å². The van der Waals surface area contributed by atoms with Gasteiger partial charge >= 0.3 is 5.97 Å². The van der Waals surface area contributed by atoms with E-state index in [9.17, 15) is 4.79 Å². The number of carboxylic acids is 1. The van der Waals surface area contributed by atoms with Crippen LogP contribution in [-0.4, -0.2) is 23.8 Å². The molecule has 1 aromatic rings. The van der Waals surface area contributed by atoms with Gasteiger partial charge in [0.25, 0.3) is 0 Å². The van der Waals surface area contributed by atoms with E-state index in [1.54, 1.807) is 0 Å². The minimum atomic E-state index is -0.986. The smallest absolute Gasteiger partial charge is 0.328 e. The SMILES string of the molecule is CCOc1cccc(/C=C/C(=O)O)c1OC1C=CCCC1. The van der Waals surface area contributed by atoms with Crippen LogP contribution in [0.1, 0.15) is 31.7 Å². The second-order valence-electron chi connectivity index (χ2n) is 4.79. The van der Waals surface area contributed by atoms with Crippen LogP contribution in [0.2, 0.25) is 0 Å². The van der Waals surface area contributed by atoms with Crippen molar-refractivity contribution in [2.45, 2.75) is 32.3 Å². The number of benzene rings is 1. The molecule has 0 aromatic heterocycles. The molecule has 4 nitrogen and oxygen atoms in total. The highest BCUT2D eigenvalue weighted by molar-refractivity contribution is 5.86. The Morgan fingerprint density at radius 2 is 2.33 bits per heavy atom. The van der Waals surface area contributed by atoms with Crippen molar-refractivity contribution in [3.05, 3.63) is 42.0 Å². The number of hydrogen-bond acceptors (Lipinski definition) is 3. The number of para-hydroxylation sites is 1. The first-order chi connectivity index (χ1) is 10.2. The Morgan fingerprint density at radius 1 is 1.48 bits per heavy atom. The summed E-state index contributed by atoms with van der Waals surface area (Å²) in [6, 6.07) is 5.49. The van der Waals surface area contributed by atoms with Gasteiger partial charge in [0.15, 0.2) is 11.5 Å². The zero-order valence-electron chi connectivity index (χ0n) is 12.1. The fraction of sp³-hybridized carbons (Fsp3) is 0.353. The molecule has 0 saturated carbocycles. The molecular formula is C17H20O4. The van der Waals surface area contributed by atoms with Gasteiger partial charge in [-0.05, 0) is 44.4 Å². The molecule has 1 aliphatic carbocycles. The monoisotopic (exact) mass is 288 g/mol. The van der Waals surface area contributed by atoms with E-state index >= 15 is 0 Å². The number of carboxylic acid groups (broad SMARTS) is 1. The van der Waals surface area contributed by atoms with Crippen LogP contribution < -0.4 is 9.47 Å². The van der Waals surface area contributed by atoms with E-state index in [2.05, 4.69) is 12.2 Å². The van der Waals surface area contributed by atoms with Gasteiger partial charge in [0.05, 0.1) is 6.61 Å². The Balaban J connectivity index is 2.30. The van der Waals surface area contributed by atoms with Crippen molar-refractivity contribution < 1.29 is 19.4 Å². The maximum absolute atomic E-state index is 10.7. The first-order valence-corrected chi connectivity index (χ1v) is 7.21. The summed E-state index contributed by atoms with van der Waals surface area (Å²) in [5.41, 5.74) is 0.710. The second-order valence-corrected chi connectivity index (χ2v) is 4.79. The normalized spacial score (nSPS) is 17.9. The Kier molecular flexibility index (Phi) is 5.43. The van der Waals surface area contributed by atoms with Gasteiger partial charge in [-0.3, -0.25) is 0 Å². The molecule has 0 aliphatic heterocycles. The molecule has 21 heavy (non-hydrogen) atoms. The molecule has 0 spiro atoms. The van der Waals surface area contributed by atoms with Gasteiger partial charge in [0.1, 0.15) is 6.10 Å². The van der Waals surface area contributed by atoms with Crippen molar-refractivity contribution in [3.8, 4) is 11.5 Å². The zero-order valence-corrected chi connectivity index (χ0v) is 12.1. The minimum absolute atomic E-state index is 0.0114. The lowest BCUT2D eigenvalue weighted by molar-refractivity contribution is -0.131. The fourth-order valence-corrected chi connectivity index (χ4v) is 2.25. The van der Waals surface area contributed by atoms with E-state index in [4.69, 9.17) is 14.6 Å². The largest absolute Gasteiger partial charge is 0.490 e. The van der Waals surface area contributed by atoms with Crippen molar-refractivity contribution in [1.82, 2.24) is 0 Å². The molecule has 1 unspecified atom stereocenters. The van der Waals surface area contributed by atoms with Gasteiger partial charge in [-0.15, -0.1) is 0 Å². The molecule has 112 valence electrons. The van der Waals surface area contributed by atoms with Gasteiger partial charge in [-0.1, -0.05) is 18.2 Å². The number of hydrogen-bond donors (Lipinski definition) is 1. The molecule has 0 saturated heterocycles. The van der Waals surface area contributed by atoms with E-state index in [0.29, 0.717) is 23.7 Å². The molecule has 1 atom stereocenters. The van der Waals surface area contributed by atoms with Crippen LogP contribution >= 0.6 is 0 Å². The number of rotatable bonds is 6. The predicted octanol–water partition coefficient (Wildman–Crippen LogP) is 3.67. The third kappa shape index (κ3) is 4.38. The average molecular weight is 288 g/mol. The lowest BCUT2D eigenvalue weighted by Gasteiger charge is -2.21. The third-order valence-electron chi connectivity index (χ3n) is 3.19. The maximum Gasteiger partial charge on any atom is 0.328 e. The lowest BCUT2D eigenvalue weighted by Crippen LogP contribution is -2.16. The first-order valence-electron chi connectivity index (χ1n) is 7.21. The van der Waals surface area contributed by atoms with Crippen LogP contribution in [0.25, 0.3) is 6.08 Å². The Bertz CT molecular complexity index is 546. The predicted molar refractivity (Wildman–Crippen MR) is 81.7 cm³/mol. The number of carbonyl (C=O) groups is 1. The third-order valence-corrected chi connectivity index (χ3v) is 3.19. The summed E-state index contributed by atoms with van der Waals surface area (Å²) in [6.07, 6.45) is 9.95. The van der Waals surface area contributed by atoms with Gasteiger partial charge in [-0.25, -0.2) is 4.79 Å². The Hall–Kier alpha value is -2.23. The lowest BCUT2D eigenvalue weighted by atomic mass is 10.0. The molecule has 2 rings (SSSR count). The van der Waals surface area contributed by atoms with Crippen LogP contribution in [0.4, 0.5) is 0 Å². The zero-order chi connectivity index (χ0) is 15.1. The van der Waals surface area contributed by atoms with Crippen molar-refractivity contribution >= 4 is 12.0 Å². The standard InChI is InChI=1S/C17H20O4/c1-2-20-15-10-6-7-13(11-12-16(18)19)17(15)21-14-8-4-3-5-9-14/h4,6-8,10-12,14H,2-3,5,9H2,1H3,(H,18,19)/b12-11+. The Labute approximate surface area is 124 Å². The molecule has 4 heteroatoms. The maximum atomic E-state index is 10.7. The first kappa shape index (κ1) is 15.2. The molecule has 0 fully saturated rings. The second kappa shape index (κ2) is 7.53.